The molecule has 1 N–H and O–H groups in total. The minimum absolute atomic E-state index is 0.672. The fraction of sp³-hybridized carbons (Fsp3) is 0.417. The van der Waals surface area contributed by atoms with E-state index in [1.54, 1.807) is 17.2 Å². The van der Waals surface area contributed by atoms with Gasteiger partial charge in [-0.15, -0.1) is 0 Å². The number of hydrogen-bond acceptors (Lipinski definition) is 4. The molecule has 88 valence electrons. The van der Waals surface area contributed by atoms with E-state index >= 15 is 0 Å². The quantitative estimate of drug-likeness (QED) is 0.856. The second kappa shape index (κ2) is 4.25. The third-order valence-corrected chi connectivity index (χ3v) is 2.86. The highest BCUT2D eigenvalue weighted by Gasteiger charge is 2.21. The maximum absolute atomic E-state index is 4.32. The first-order chi connectivity index (χ1) is 8.33. The maximum Gasteiger partial charge on any atom is 0.155 e. The fourth-order valence-corrected chi connectivity index (χ4v) is 1.74. The molecule has 0 spiro atoms. The zero-order valence-corrected chi connectivity index (χ0v) is 9.80. The van der Waals surface area contributed by atoms with Crippen LogP contribution in [0.4, 0.5) is 0 Å². The molecule has 1 aliphatic rings. The molecule has 0 aliphatic heterocycles. The van der Waals surface area contributed by atoms with Crippen LogP contribution in [-0.2, 0) is 6.54 Å². The van der Waals surface area contributed by atoms with E-state index in [0.717, 1.165) is 18.2 Å². The topological polar surface area (TPSA) is 55.6 Å². The zero-order valence-electron chi connectivity index (χ0n) is 9.80. The molecule has 0 unspecified atom stereocenters. The average Bonchev–Trinajstić information content (AvgIpc) is 3.04. The summed E-state index contributed by atoms with van der Waals surface area (Å²) in [5.41, 5.74) is 1.17. The first-order valence-electron chi connectivity index (χ1n) is 5.88. The van der Waals surface area contributed by atoms with Crippen LogP contribution in [-0.4, -0.2) is 25.8 Å². The Hall–Kier alpha value is -1.75. The van der Waals surface area contributed by atoms with Crippen molar-refractivity contribution in [2.45, 2.75) is 32.4 Å². The first-order valence-corrected chi connectivity index (χ1v) is 5.88. The van der Waals surface area contributed by atoms with Crippen LogP contribution < -0.4 is 5.32 Å². The van der Waals surface area contributed by atoms with Gasteiger partial charge in [-0.3, -0.25) is 0 Å². The molecule has 2 heterocycles. The molecule has 5 nitrogen and oxygen atoms in total. The van der Waals surface area contributed by atoms with Gasteiger partial charge in [0.25, 0.3) is 0 Å². The van der Waals surface area contributed by atoms with Crippen LogP contribution in [0.3, 0.4) is 0 Å². The molecule has 2 aromatic heterocycles. The Bertz CT molecular complexity index is 515. The second-order valence-corrected chi connectivity index (χ2v) is 4.43. The van der Waals surface area contributed by atoms with E-state index in [4.69, 9.17) is 0 Å². The van der Waals surface area contributed by atoms with Crippen LogP contribution >= 0.6 is 0 Å². The van der Waals surface area contributed by atoms with Crippen molar-refractivity contribution in [2.75, 3.05) is 0 Å². The lowest BCUT2D eigenvalue weighted by Gasteiger charge is -2.06. The van der Waals surface area contributed by atoms with E-state index < -0.39 is 0 Å². The molecule has 1 saturated carbocycles. The van der Waals surface area contributed by atoms with Crippen molar-refractivity contribution in [1.82, 2.24) is 25.1 Å². The van der Waals surface area contributed by atoms with Gasteiger partial charge < -0.3 is 5.32 Å². The Kier molecular flexibility index (Phi) is 2.60. The second-order valence-electron chi connectivity index (χ2n) is 4.43. The van der Waals surface area contributed by atoms with E-state index in [2.05, 4.69) is 20.4 Å². The fourth-order valence-electron chi connectivity index (χ4n) is 1.74. The molecule has 17 heavy (non-hydrogen) atoms. The minimum Gasteiger partial charge on any atom is -0.307 e. The summed E-state index contributed by atoms with van der Waals surface area (Å²) in [7, 11) is 0. The molecule has 2 aromatic rings. The minimum atomic E-state index is 0.672. The average molecular weight is 229 g/mol. The van der Waals surface area contributed by atoms with Gasteiger partial charge in [-0.2, -0.15) is 9.78 Å². The number of nitrogens with zero attached hydrogens (tertiary/aromatic N) is 4. The Morgan fingerprint density at radius 3 is 3.06 bits per heavy atom. The third kappa shape index (κ3) is 2.34. The van der Waals surface area contributed by atoms with E-state index in [9.17, 15) is 0 Å². The lowest BCUT2D eigenvalue weighted by molar-refractivity contribution is 0.634. The summed E-state index contributed by atoms with van der Waals surface area (Å²) in [6, 6.07) is 4.66. The number of aromatic nitrogens is 4. The summed E-state index contributed by atoms with van der Waals surface area (Å²) in [5, 5.41) is 7.66. The maximum atomic E-state index is 4.32. The summed E-state index contributed by atoms with van der Waals surface area (Å²) < 4.78 is 1.79. The van der Waals surface area contributed by atoms with Gasteiger partial charge in [0.05, 0.1) is 6.54 Å². The van der Waals surface area contributed by atoms with Gasteiger partial charge in [-0.25, -0.2) is 9.97 Å². The molecule has 0 atom stereocenters. The highest BCUT2D eigenvalue weighted by molar-refractivity contribution is 5.26. The molecule has 0 radical (unpaired) electrons. The lowest BCUT2D eigenvalue weighted by Crippen LogP contribution is -2.19. The Balaban J connectivity index is 1.83. The van der Waals surface area contributed by atoms with Crippen molar-refractivity contribution in [3.63, 3.8) is 0 Å². The summed E-state index contributed by atoms with van der Waals surface area (Å²) >= 11 is 0. The van der Waals surface area contributed by atoms with Crippen molar-refractivity contribution in [3.8, 4) is 5.82 Å². The number of pyridine rings is 1. The normalized spacial score (nSPS) is 15.1. The Labute approximate surface area is 99.9 Å². The van der Waals surface area contributed by atoms with Crippen LogP contribution in [0, 0.1) is 6.92 Å². The molecule has 1 fully saturated rings. The summed E-state index contributed by atoms with van der Waals surface area (Å²) in [4.78, 5) is 8.59. The van der Waals surface area contributed by atoms with Gasteiger partial charge in [0.1, 0.15) is 12.2 Å². The Morgan fingerprint density at radius 2 is 2.29 bits per heavy atom. The van der Waals surface area contributed by atoms with Gasteiger partial charge in [0.15, 0.2) is 5.82 Å². The van der Waals surface area contributed by atoms with Gasteiger partial charge in [0.2, 0.25) is 0 Å². The standard InChI is InChI=1S/C12H15N5/c1-9-4-5-13-11(6-9)17-12(15-8-16-17)7-14-10-2-3-10/h4-6,8,10,14H,2-3,7H2,1H3. The molecular formula is C12H15N5. The smallest absolute Gasteiger partial charge is 0.155 e. The van der Waals surface area contributed by atoms with Crippen LogP contribution in [0.15, 0.2) is 24.7 Å². The van der Waals surface area contributed by atoms with E-state index in [-0.39, 0.29) is 0 Å². The SMILES string of the molecule is Cc1ccnc(-n2ncnc2CNC2CC2)c1. The Morgan fingerprint density at radius 1 is 1.41 bits per heavy atom. The van der Waals surface area contributed by atoms with Gasteiger partial charge in [-0.1, -0.05) is 0 Å². The van der Waals surface area contributed by atoms with E-state index in [1.807, 2.05) is 19.1 Å². The molecule has 1 aliphatic carbocycles. The number of rotatable bonds is 4. The number of nitrogens with one attached hydrogen (secondary N) is 1. The monoisotopic (exact) mass is 229 g/mol. The highest BCUT2D eigenvalue weighted by Crippen LogP contribution is 2.19. The highest BCUT2D eigenvalue weighted by atomic mass is 15.4. The van der Waals surface area contributed by atoms with Gasteiger partial charge in [-0.05, 0) is 37.5 Å². The van der Waals surface area contributed by atoms with Crippen LogP contribution in [0.1, 0.15) is 24.2 Å². The summed E-state index contributed by atoms with van der Waals surface area (Å²) in [6.45, 7) is 2.80. The number of hydrogen-bond donors (Lipinski definition) is 1. The van der Waals surface area contributed by atoms with Crippen molar-refractivity contribution < 1.29 is 0 Å². The predicted octanol–water partition coefficient (Wildman–Crippen LogP) is 1.22. The first kappa shape index (κ1) is 10.4. The van der Waals surface area contributed by atoms with Gasteiger partial charge in [0, 0.05) is 12.2 Å². The summed E-state index contributed by atoms with van der Waals surface area (Å²) in [5.74, 6) is 1.74. The van der Waals surface area contributed by atoms with Crippen LogP contribution in [0.5, 0.6) is 0 Å². The summed E-state index contributed by atoms with van der Waals surface area (Å²) in [6.07, 6.45) is 5.92. The van der Waals surface area contributed by atoms with Crippen molar-refractivity contribution in [3.05, 3.63) is 36.0 Å². The largest absolute Gasteiger partial charge is 0.307 e. The van der Waals surface area contributed by atoms with Crippen molar-refractivity contribution in [2.24, 2.45) is 0 Å². The predicted molar refractivity (Wildman–Crippen MR) is 63.8 cm³/mol. The zero-order chi connectivity index (χ0) is 11.7. The molecular weight excluding hydrogens is 214 g/mol. The van der Waals surface area contributed by atoms with E-state index in [0.29, 0.717) is 6.04 Å². The van der Waals surface area contributed by atoms with Crippen LogP contribution in [0.2, 0.25) is 0 Å². The molecule has 0 saturated heterocycles. The van der Waals surface area contributed by atoms with Crippen LogP contribution in [0.25, 0.3) is 5.82 Å². The number of aryl methyl sites for hydroxylation is 1. The van der Waals surface area contributed by atoms with Gasteiger partial charge >= 0.3 is 0 Å². The molecule has 5 heteroatoms. The van der Waals surface area contributed by atoms with Crippen molar-refractivity contribution >= 4 is 0 Å². The third-order valence-electron chi connectivity index (χ3n) is 2.86. The molecule has 0 bridgehead atoms. The lowest BCUT2D eigenvalue weighted by atomic mass is 10.3. The molecule has 0 aromatic carbocycles. The van der Waals surface area contributed by atoms with Crippen molar-refractivity contribution in [1.29, 1.82) is 0 Å². The van der Waals surface area contributed by atoms with E-state index in [1.165, 1.54) is 18.4 Å². The molecule has 0 amide bonds. The molecule has 3 rings (SSSR count).